The molecule has 2 N–H and O–H groups in total. The first-order chi connectivity index (χ1) is 9.67. The standard InChI is InChI=1S/C16H16N2O2/c1-10-6-7-14-13(8-10)15(16(19)18-14)17-11-4-3-5-12(9-11)20-2/h3-9,15,17H,1-2H3,(H,18,19). The molecule has 0 saturated heterocycles. The second kappa shape index (κ2) is 4.89. The number of methoxy groups -OCH3 is 1. The molecule has 0 bridgehead atoms. The first-order valence-corrected chi connectivity index (χ1v) is 6.49. The molecule has 0 aliphatic carbocycles. The second-order valence-corrected chi connectivity index (χ2v) is 4.89. The molecule has 2 aromatic rings. The summed E-state index contributed by atoms with van der Waals surface area (Å²) in [7, 11) is 1.63. The summed E-state index contributed by atoms with van der Waals surface area (Å²) in [5.74, 6) is 0.728. The van der Waals surface area contributed by atoms with Crippen LogP contribution in [0.25, 0.3) is 0 Å². The molecule has 4 nitrogen and oxygen atoms in total. The van der Waals surface area contributed by atoms with E-state index in [1.165, 1.54) is 0 Å². The highest BCUT2D eigenvalue weighted by Gasteiger charge is 2.30. The number of rotatable bonds is 3. The van der Waals surface area contributed by atoms with Crippen LogP contribution in [0.5, 0.6) is 5.75 Å². The predicted octanol–water partition coefficient (Wildman–Crippen LogP) is 3.11. The van der Waals surface area contributed by atoms with E-state index in [9.17, 15) is 4.79 Å². The van der Waals surface area contributed by atoms with E-state index in [1.807, 2.05) is 49.4 Å². The summed E-state index contributed by atoms with van der Waals surface area (Å²) < 4.78 is 5.19. The number of carbonyl (C=O) groups excluding carboxylic acids is 1. The molecule has 0 saturated carbocycles. The van der Waals surface area contributed by atoms with Gasteiger partial charge in [-0.25, -0.2) is 0 Å². The Kier molecular flexibility index (Phi) is 3.06. The maximum Gasteiger partial charge on any atom is 0.251 e. The lowest BCUT2D eigenvalue weighted by Gasteiger charge is -2.14. The highest BCUT2D eigenvalue weighted by molar-refractivity contribution is 6.04. The minimum atomic E-state index is -0.364. The van der Waals surface area contributed by atoms with Crippen LogP contribution in [0.3, 0.4) is 0 Å². The number of fused-ring (bicyclic) bond motifs is 1. The third kappa shape index (κ3) is 2.20. The van der Waals surface area contributed by atoms with Crippen LogP contribution < -0.4 is 15.4 Å². The summed E-state index contributed by atoms with van der Waals surface area (Å²) >= 11 is 0. The first kappa shape index (κ1) is 12.5. The Morgan fingerprint density at radius 2 is 2.05 bits per heavy atom. The van der Waals surface area contributed by atoms with E-state index in [0.29, 0.717) is 0 Å². The molecule has 20 heavy (non-hydrogen) atoms. The van der Waals surface area contributed by atoms with Crippen molar-refractivity contribution in [1.82, 2.24) is 0 Å². The average molecular weight is 268 g/mol. The van der Waals surface area contributed by atoms with E-state index in [0.717, 1.165) is 28.3 Å². The van der Waals surface area contributed by atoms with Gasteiger partial charge in [0.2, 0.25) is 0 Å². The van der Waals surface area contributed by atoms with Gasteiger partial charge in [-0.2, -0.15) is 0 Å². The molecular formula is C16H16N2O2. The zero-order valence-electron chi connectivity index (χ0n) is 11.4. The first-order valence-electron chi connectivity index (χ1n) is 6.49. The molecule has 1 aliphatic heterocycles. The van der Waals surface area contributed by atoms with Gasteiger partial charge in [0.05, 0.1) is 7.11 Å². The largest absolute Gasteiger partial charge is 0.497 e. The van der Waals surface area contributed by atoms with Crippen molar-refractivity contribution in [1.29, 1.82) is 0 Å². The maximum atomic E-state index is 12.1. The number of aryl methyl sites for hydroxylation is 1. The summed E-state index contributed by atoms with van der Waals surface area (Å²) in [6, 6.07) is 13.2. The molecule has 0 spiro atoms. The quantitative estimate of drug-likeness (QED) is 0.899. The van der Waals surface area contributed by atoms with Crippen molar-refractivity contribution in [2.45, 2.75) is 13.0 Å². The van der Waals surface area contributed by atoms with Crippen molar-refractivity contribution in [3.63, 3.8) is 0 Å². The van der Waals surface area contributed by atoms with Crippen molar-refractivity contribution in [3.8, 4) is 5.75 Å². The van der Waals surface area contributed by atoms with E-state index in [-0.39, 0.29) is 11.9 Å². The highest BCUT2D eigenvalue weighted by atomic mass is 16.5. The van der Waals surface area contributed by atoms with E-state index in [1.54, 1.807) is 7.11 Å². The fourth-order valence-electron chi connectivity index (χ4n) is 2.40. The molecule has 1 heterocycles. The SMILES string of the molecule is COc1cccc(NC2C(=O)Nc3ccc(C)cc32)c1. The predicted molar refractivity (Wildman–Crippen MR) is 79.2 cm³/mol. The molecule has 4 heteroatoms. The minimum absolute atomic E-state index is 0.0339. The smallest absolute Gasteiger partial charge is 0.251 e. The topological polar surface area (TPSA) is 50.4 Å². The van der Waals surface area contributed by atoms with Gasteiger partial charge in [0, 0.05) is 23.0 Å². The van der Waals surface area contributed by atoms with Gasteiger partial charge in [0.15, 0.2) is 0 Å². The van der Waals surface area contributed by atoms with Crippen LogP contribution in [-0.4, -0.2) is 13.0 Å². The average Bonchev–Trinajstić information content (AvgIpc) is 2.75. The summed E-state index contributed by atoms with van der Waals surface area (Å²) in [5, 5.41) is 6.15. The van der Waals surface area contributed by atoms with Gasteiger partial charge in [-0.05, 0) is 25.1 Å². The van der Waals surface area contributed by atoms with Crippen LogP contribution >= 0.6 is 0 Å². The van der Waals surface area contributed by atoms with Gasteiger partial charge in [-0.1, -0.05) is 23.8 Å². The number of hydrogen-bond acceptors (Lipinski definition) is 3. The van der Waals surface area contributed by atoms with E-state index in [4.69, 9.17) is 4.74 Å². The van der Waals surface area contributed by atoms with Crippen LogP contribution in [0.4, 0.5) is 11.4 Å². The third-order valence-corrected chi connectivity index (χ3v) is 3.42. The summed E-state index contributed by atoms with van der Waals surface area (Å²) in [5.41, 5.74) is 3.86. The molecule has 1 amide bonds. The van der Waals surface area contributed by atoms with Crippen LogP contribution in [0, 0.1) is 6.92 Å². The number of amides is 1. The fourth-order valence-corrected chi connectivity index (χ4v) is 2.40. The lowest BCUT2D eigenvalue weighted by Crippen LogP contribution is -2.19. The number of benzene rings is 2. The van der Waals surface area contributed by atoms with E-state index >= 15 is 0 Å². The maximum absolute atomic E-state index is 12.1. The molecule has 3 rings (SSSR count). The summed E-state index contributed by atoms with van der Waals surface area (Å²) in [6.45, 7) is 2.02. The van der Waals surface area contributed by atoms with Crippen LogP contribution in [0.15, 0.2) is 42.5 Å². The van der Waals surface area contributed by atoms with Gasteiger partial charge in [0.1, 0.15) is 11.8 Å². The second-order valence-electron chi connectivity index (χ2n) is 4.89. The molecule has 2 aromatic carbocycles. The Morgan fingerprint density at radius 1 is 1.20 bits per heavy atom. The highest BCUT2D eigenvalue weighted by Crippen LogP contribution is 2.34. The molecule has 102 valence electrons. The van der Waals surface area contributed by atoms with Gasteiger partial charge in [-0.3, -0.25) is 4.79 Å². The number of hydrogen-bond donors (Lipinski definition) is 2. The lowest BCUT2D eigenvalue weighted by molar-refractivity contribution is -0.116. The molecule has 1 aliphatic rings. The molecular weight excluding hydrogens is 252 g/mol. The minimum Gasteiger partial charge on any atom is -0.497 e. The van der Waals surface area contributed by atoms with Crippen molar-refractivity contribution in [3.05, 3.63) is 53.6 Å². The summed E-state index contributed by atoms with van der Waals surface area (Å²) in [6.07, 6.45) is 0. The monoisotopic (exact) mass is 268 g/mol. The Morgan fingerprint density at radius 3 is 2.85 bits per heavy atom. The van der Waals surface area contributed by atoms with Gasteiger partial charge in [0.25, 0.3) is 5.91 Å². The Labute approximate surface area is 117 Å². The van der Waals surface area contributed by atoms with Crippen molar-refractivity contribution < 1.29 is 9.53 Å². The van der Waals surface area contributed by atoms with Gasteiger partial charge >= 0.3 is 0 Å². The van der Waals surface area contributed by atoms with E-state index < -0.39 is 0 Å². The Bertz CT molecular complexity index is 667. The fraction of sp³-hybridized carbons (Fsp3) is 0.188. The Balaban J connectivity index is 1.91. The van der Waals surface area contributed by atoms with Gasteiger partial charge < -0.3 is 15.4 Å². The molecule has 0 radical (unpaired) electrons. The zero-order valence-corrected chi connectivity index (χ0v) is 11.4. The molecule has 0 aromatic heterocycles. The zero-order chi connectivity index (χ0) is 14.1. The number of carbonyl (C=O) groups is 1. The molecule has 1 atom stereocenters. The van der Waals surface area contributed by atoms with Crippen LogP contribution in [-0.2, 0) is 4.79 Å². The molecule has 0 fully saturated rings. The summed E-state index contributed by atoms with van der Waals surface area (Å²) in [4.78, 5) is 12.1. The normalized spacial score (nSPS) is 16.5. The van der Waals surface area contributed by atoms with Gasteiger partial charge in [-0.15, -0.1) is 0 Å². The number of nitrogens with one attached hydrogen (secondary N) is 2. The third-order valence-electron chi connectivity index (χ3n) is 3.42. The van der Waals surface area contributed by atoms with Crippen molar-refractivity contribution in [2.75, 3.05) is 17.7 Å². The molecule has 1 unspecified atom stereocenters. The number of ether oxygens (including phenoxy) is 1. The van der Waals surface area contributed by atoms with Crippen molar-refractivity contribution in [2.24, 2.45) is 0 Å². The van der Waals surface area contributed by atoms with Crippen LogP contribution in [0.2, 0.25) is 0 Å². The lowest BCUT2D eigenvalue weighted by atomic mass is 10.1. The van der Waals surface area contributed by atoms with Crippen molar-refractivity contribution >= 4 is 17.3 Å². The van der Waals surface area contributed by atoms with Crippen LogP contribution in [0.1, 0.15) is 17.2 Å². The Hall–Kier alpha value is -2.49. The van der Waals surface area contributed by atoms with E-state index in [2.05, 4.69) is 10.6 Å². The number of anilines is 2.